The Labute approximate surface area is 164 Å². The van der Waals surface area contributed by atoms with Crippen LogP contribution in [0.3, 0.4) is 0 Å². The number of nitrogens with one attached hydrogen (secondary N) is 1. The maximum absolute atomic E-state index is 13.9. The SMILES string of the molecule is CCc1cccc(CC)c1N(CCNC(=O)c1c(F)cccc1Cl)C(C)=O. The minimum atomic E-state index is -0.673. The first-order valence-corrected chi connectivity index (χ1v) is 9.39. The van der Waals surface area contributed by atoms with Crippen LogP contribution in [0.5, 0.6) is 0 Å². The Balaban J connectivity index is 2.17. The molecule has 0 heterocycles. The molecule has 2 amide bonds. The Bertz CT molecular complexity index is 796. The highest BCUT2D eigenvalue weighted by Crippen LogP contribution is 2.27. The van der Waals surface area contributed by atoms with Crippen LogP contribution in [0, 0.1) is 5.82 Å². The highest BCUT2D eigenvalue weighted by molar-refractivity contribution is 6.33. The highest BCUT2D eigenvalue weighted by Gasteiger charge is 2.19. The van der Waals surface area contributed by atoms with Gasteiger partial charge in [0.05, 0.1) is 16.3 Å². The zero-order chi connectivity index (χ0) is 20.0. The van der Waals surface area contributed by atoms with E-state index in [0.29, 0.717) is 0 Å². The Hall–Kier alpha value is -2.40. The molecule has 0 fully saturated rings. The van der Waals surface area contributed by atoms with E-state index in [1.54, 1.807) is 4.90 Å². The summed E-state index contributed by atoms with van der Waals surface area (Å²) in [6.45, 7) is 6.06. The maximum Gasteiger partial charge on any atom is 0.255 e. The van der Waals surface area contributed by atoms with Crippen LogP contribution in [0.4, 0.5) is 10.1 Å². The monoisotopic (exact) mass is 390 g/mol. The number of carbonyl (C=O) groups is 2. The Morgan fingerprint density at radius 3 is 2.19 bits per heavy atom. The topological polar surface area (TPSA) is 49.4 Å². The molecule has 6 heteroatoms. The lowest BCUT2D eigenvalue weighted by Gasteiger charge is -2.26. The number of hydrogen-bond donors (Lipinski definition) is 1. The molecule has 2 rings (SSSR count). The lowest BCUT2D eigenvalue weighted by Crippen LogP contribution is -2.38. The van der Waals surface area contributed by atoms with Crippen LogP contribution < -0.4 is 10.2 Å². The van der Waals surface area contributed by atoms with Crippen molar-refractivity contribution in [1.29, 1.82) is 0 Å². The number of amides is 2. The van der Waals surface area contributed by atoms with Gasteiger partial charge in [-0.2, -0.15) is 0 Å². The third-order valence-corrected chi connectivity index (χ3v) is 4.74. The highest BCUT2D eigenvalue weighted by atomic mass is 35.5. The molecule has 4 nitrogen and oxygen atoms in total. The standard InChI is InChI=1S/C21H24ClFN2O2/c1-4-15-8-6-9-16(5-2)20(15)25(14(3)26)13-12-24-21(27)19-17(22)10-7-11-18(19)23/h6-11H,4-5,12-13H2,1-3H3,(H,24,27). The average Bonchev–Trinajstić information content (AvgIpc) is 2.64. The number of benzene rings is 2. The first-order valence-electron chi connectivity index (χ1n) is 9.01. The number of carbonyl (C=O) groups excluding carboxylic acids is 2. The van der Waals surface area contributed by atoms with Gasteiger partial charge in [0.25, 0.3) is 5.91 Å². The number of aryl methyl sites for hydroxylation is 2. The van der Waals surface area contributed by atoms with Crippen molar-refractivity contribution in [3.63, 3.8) is 0 Å². The minimum Gasteiger partial charge on any atom is -0.350 e. The lowest BCUT2D eigenvalue weighted by molar-refractivity contribution is -0.116. The molecule has 0 radical (unpaired) electrons. The number of para-hydroxylation sites is 1. The second-order valence-corrected chi connectivity index (χ2v) is 6.56. The molecule has 0 saturated carbocycles. The summed E-state index contributed by atoms with van der Waals surface area (Å²) in [5.74, 6) is -1.38. The van der Waals surface area contributed by atoms with Gasteiger partial charge >= 0.3 is 0 Å². The predicted molar refractivity (Wildman–Crippen MR) is 107 cm³/mol. The smallest absolute Gasteiger partial charge is 0.255 e. The Morgan fingerprint density at radius 1 is 1.07 bits per heavy atom. The van der Waals surface area contributed by atoms with Crippen LogP contribution in [0.25, 0.3) is 0 Å². The summed E-state index contributed by atoms with van der Waals surface area (Å²) < 4.78 is 13.9. The van der Waals surface area contributed by atoms with Gasteiger partial charge in [-0.05, 0) is 36.1 Å². The van der Waals surface area contributed by atoms with Gasteiger partial charge in [0.2, 0.25) is 5.91 Å². The summed E-state index contributed by atoms with van der Waals surface area (Å²) in [6.07, 6.45) is 1.59. The van der Waals surface area contributed by atoms with E-state index in [0.717, 1.165) is 29.7 Å². The second-order valence-electron chi connectivity index (χ2n) is 6.16. The summed E-state index contributed by atoms with van der Waals surface area (Å²) in [7, 11) is 0. The number of nitrogens with zero attached hydrogens (tertiary/aromatic N) is 1. The number of anilines is 1. The van der Waals surface area contributed by atoms with E-state index in [9.17, 15) is 14.0 Å². The molecule has 0 aliphatic rings. The first kappa shape index (κ1) is 20.9. The van der Waals surface area contributed by atoms with Crippen LogP contribution in [0.2, 0.25) is 5.02 Å². The van der Waals surface area contributed by atoms with Crippen molar-refractivity contribution in [3.8, 4) is 0 Å². The van der Waals surface area contributed by atoms with E-state index in [4.69, 9.17) is 11.6 Å². The van der Waals surface area contributed by atoms with E-state index < -0.39 is 11.7 Å². The fraction of sp³-hybridized carbons (Fsp3) is 0.333. The van der Waals surface area contributed by atoms with Gasteiger partial charge in [0.15, 0.2) is 0 Å². The molecule has 2 aromatic carbocycles. The number of halogens is 2. The summed E-state index contributed by atoms with van der Waals surface area (Å²) in [5, 5.41) is 2.71. The van der Waals surface area contributed by atoms with Crippen molar-refractivity contribution in [2.45, 2.75) is 33.6 Å². The van der Waals surface area contributed by atoms with Crippen LogP contribution in [-0.4, -0.2) is 24.9 Å². The molecule has 0 aromatic heterocycles. The Kier molecular flexibility index (Phi) is 7.36. The quantitative estimate of drug-likeness (QED) is 0.762. The van der Waals surface area contributed by atoms with E-state index in [1.807, 2.05) is 32.0 Å². The lowest BCUT2D eigenvalue weighted by atomic mass is 10.0. The number of hydrogen-bond acceptors (Lipinski definition) is 2. The molecule has 0 atom stereocenters. The van der Waals surface area contributed by atoms with Gasteiger partial charge in [-0.1, -0.05) is 49.7 Å². The van der Waals surface area contributed by atoms with Crippen molar-refractivity contribution in [2.24, 2.45) is 0 Å². The molecule has 144 valence electrons. The fourth-order valence-corrected chi connectivity index (χ4v) is 3.32. The van der Waals surface area contributed by atoms with Crippen molar-refractivity contribution >= 4 is 29.1 Å². The normalized spacial score (nSPS) is 10.6. The molecule has 1 N–H and O–H groups in total. The van der Waals surface area contributed by atoms with Crippen molar-refractivity contribution in [2.75, 3.05) is 18.0 Å². The van der Waals surface area contributed by atoms with E-state index in [2.05, 4.69) is 5.32 Å². The summed E-state index contributed by atoms with van der Waals surface area (Å²) >= 11 is 5.93. The summed E-state index contributed by atoms with van der Waals surface area (Å²) in [5.41, 5.74) is 2.87. The third kappa shape index (κ3) is 4.86. The molecule has 0 unspecified atom stereocenters. The maximum atomic E-state index is 13.9. The van der Waals surface area contributed by atoms with Crippen LogP contribution >= 0.6 is 11.6 Å². The molecular weight excluding hydrogens is 367 g/mol. The molecule has 2 aromatic rings. The second kappa shape index (κ2) is 9.51. The number of rotatable bonds is 7. The predicted octanol–water partition coefficient (Wildman–Crippen LogP) is 4.39. The van der Waals surface area contributed by atoms with Gasteiger partial charge in [-0.25, -0.2) is 4.39 Å². The van der Waals surface area contributed by atoms with Crippen LogP contribution in [-0.2, 0) is 17.6 Å². The van der Waals surface area contributed by atoms with E-state index in [-0.39, 0.29) is 29.6 Å². The fourth-order valence-electron chi connectivity index (χ4n) is 3.07. The van der Waals surface area contributed by atoms with Gasteiger partial charge in [0, 0.05) is 20.0 Å². The minimum absolute atomic E-state index is 0.0560. The summed E-state index contributed by atoms with van der Waals surface area (Å²) in [6, 6.07) is 10.1. The molecule has 0 aliphatic heterocycles. The van der Waals surface area contributed by atoms with Gasteiger partial charge < -0.3 is 10.2 Å². The molecule has 0 spiro atoms. The molecule has 27 heavy (non-hydrogen) atoms. The van der Waals surface area contributed by atoms with Crippen molar-refractivity contribution in [1.82, 2.24) is 5.32 Å². The molecule has 0 saturated heterocycles. The Morgan fingerprint density at radius 2 is 1.67 bits per heavy atom. The van der Waals surface area contributed by atoms with Gasteiger partial charge in [0.1, 0.15) is 5.82 Å². The largest absolute Gasteiger partial charge is 0.350 e. The molecule has 0 aliphatic carbocycles. The average molecular weight is 391 g/mol. The van der Waals surface area contributed by atoms with E-state index in [1.165, 1.54) is 25.1 Å². The van der Waals surface area contributed by atoms with Crippen molar-refractivity contribution in [3.05, 3.63) is 63.9 Å². The molecular formula is C21H24ClFN2O2. The van der Waals surface area contributed by atoms with E-state index >= 15 is 0 Å². The zero-order valence-corrected chi connectivity index (χ0v) is 16.6. The van der Waals surface area contributed by atoms with Gasteiger partial charge in [-0.3, -0.25) is 9.59 Å². The van der Waals surface area contributed by atoms with Crippen molar-refractivity contribution < 1.29 is 14.0 Å². The first-order chi connectivity index (χ1) is 12.9. The van der Waals surface area contributed by atoms with Crippen LogP contribution in [0.15, 0.2) is 36.4 Å². The van der Waals surface area contributed by atoms with Gasteiger partial charge in [-0.15, -0.1) is 0 Å². The van der Waals surface area contributed by atoms with Crippen LogP contribution in [0.1, 0.15) is 42.3 Å². The zero-order valence-electron chi connectivity index (χ0n) is 15.8. The summed E-state index contributed by atoms with van der Waals surface area (Å²) in [4.78, 5) is 26.2. The molecule has 0 bridgehead atoms. The third-order valence-electron chi connectivity index (χ3n) is 4.43.